The highest BCUT2D eigenvalue weighted by molar-refractivity contribution is 6.51. The van der Waals surface area contributed by atoms with Crippen LogP contribution in [0, 0.1) is 6.92 Å². The minimum atomic E-state index is -0.836. The second-order valence-electron chi connectivity index (χ2n) is 7.37. The average Bonchev–Trinajstić information content (AvgIpc) is 3.07. The zero-order chi connectivity index (χ0) is 22.8. The Kier molecular flexibility index (Phi) is 5.97. The lowest BCUT2D eigenvalue weighted by atomic mass is 9.96. The molecule has 1 fully saturated rings. The van der Waals surface area contributed by atoms with Crippen LogP contribution >= 0.6 is 11.6 Å². The largest absolute Gasteiger partial charge is 0.507 e. The molecule has 0 bridgehead atoms. The quantitative estimate of drug-likeness (QED) is 0.335. The fraction of sp³-hybridized carbons (Fsp3) is 0.160. The Morgan fingerprint density at radius 1 is 1.16 bits per heavy atom. The highest BCUT2D eigenvalue weighted by Gasteiger charge is 2.47. The molecule has 0 saturated carbocycles. The molecular formula is C25H21ClN2O4. The maximum absolute atomic E-state index is 13.1. The van der Waals surface area contributed by atoms with Gasteiger partial charge in [-0.05, 0) is 55.8 Å². The van der Waals surface area contributed by atoms with Crippen LogP contribution in [0.15, 0.2) is 72.6 Å². The number of halogens is 1. The van der Waals surface area contributed by atoms with E-state index in [1.54, 1.807) is 54.9 Å². The number of aryl methyl sites for hydroxylation is 1. The summed E-state index contributed by atoms with van der Waals surface area (Å²) in [5, 5.41) is 11.6. The number of anilines is 1. The Balaban J connectivity index is 1.91. The van der Waals surface area contributed by atoms with Gasteiger partial charge in [-0.25, -0.2) is 0 Å². The van der Waals surface area contributed by atoms with Gasteiger partial charge in [-0.3, -0.25) is 19.5 Å². The third-order valence-corrected chi connectivity index (χ3v) is 5.57. The van der Waals surface area contributed by atoms with E-state index in [0.29, 0.717) is 34.2 Å². The fourth-order valence-electron chi connectivity index (χ4n) is 3.73. The summed E-state index contributed by atoms with van der Waals surface area (Å²) in [6.45, 7) is 4.14. The number of aromatic nitrogens is 1. The second-order valence-corrected chi connectivity index (χ2v) is 7.78. The fourth-order valence-corrected chi connectivity index (χ4v) is 3.90. The summed E-state index contributed by atoms with van der Waals surface area (Å²) >= 11 is 6.17. The van der Waals surface area contributed by atoms with Crippen LogP contribution in [0.4, 0.5) is 5.69 Å². The van der Waals surface area contributed by atoms with Crippen LogP contribution < -0.4 is 9.64 Å². The zero-order valence-corrected chi connectivity index (χ0v) is 18.3. The maximum atomic E-state index is 13.1. The third kappa shape index (κ3) is 3.85. The summed E-state index contributed by atoms with van der Waals surface area (Å²) in [6.07, 6.45) is 3.19. The monoisotopic (exact) mass is 448 g/mol. The van der Waals surface area contributed by atoms with Crippen molar-refractivity contribution >= 4 is 34.7 Å². The predicted molar refractivity (Wildman–Crippen MR) is 123 cm³/mol. The van der Waals surface area contributed by atoms with Crippen molar-refractivity contribution in [3.05, 3.63) is 94.3 Å². The summed E-state index contributed by atoms with van der Waals surface area (Å²) < 4.78 is 5.51. The van der Waals surface area contributed by atoms with Crippen molar-refractivity contribution in [3.8, 4) is 5.75 Å². The van der Waals surface area contributed by atoms with Crippen molar-refractivity contribution in [2.45, 2.75) is 19.9 Å². The summed E-state index contributed by atoms with van der Waals surface area (Å²) in [7, 11) is 0. The van der Waals surface area contributed by atoms with E-state index in [-0.39, 0.29) is 11.3 Å². The first-order valence-electron chi connectivity index (χ1n) is 10.1. The van der Waals surface area contributed by atoms with Gasteiger partial charge in [-0.2, -0.15) is 0 Å². The van der Waals surface area contributed by atoms with E-state index in [1.165, 1.54) is 4.90 Å². The number of Topliss-reactive ketones (excluding diaryl/α,β-unsaturated/α-hetero) is 1. The zero-order valence-electron chi connectivity index (χ0n) is 17.6. The standard InChI is InChI=1S/C25H21ClN2O4/c1-3-32-20-13-16(8-11-19(20)26)23(29)21-22(17-5-4-12-27-14-17)28(25(31)24(21)30)18-9-6-15(2)7-10-18/h4-14,22,29H,3H2,1-2H3/b23-21-. The normalized spacial score (nSPS) is 17.6. The lowest BCUT2D eigenvalue weighted by Crippen LogP contribution is -2.29. The van der Waals surface area contributed by atoms with E-state index >= 15 is 0 Å². The third-order valence-electron chi connectivity index (χ3n) is 5.26. The van der Waals surface area contributed by atoms with E-state index in [1.807, 2.05) is 26.0 Å². The molecule has 1 aliphatic heterocycles. The lowest BCUT2D eigenvalue weighted by molar-refractivity contribution is -0.132. The van der Waals surface area contributed by atoms with Crippen LogP contribution in [0.5, 0.6) is 5.75 Å². The molecule has 162 valence electrons. The number of ketones is 1. The van der Waals surface area contributed by atoms with Crippen LogP contribution in [-0.4, -0.2) is 28.4 Å². The second kappa shape index (κ2) is 8.85. The molecule has 3 aromatic rings. The number of aliphatic hydroxyl groups excluding tert-OH is 1. The topological polar surface area (TPSA) is 79.7 Å². The van der Waals surface area contributed by atoms with Crippen LogP contribution in [0.3, 0.4) is 0 Å². The number of amides is 1. The molecule has 4 rings (SSSR count). The molecule has 6 nitrogen and oxygen atoms in total. The van der Waals surface area contributed by atoms with Crippen molar-refractivity contribution in [2.75, 3.05) is 11.5 Å². The van der Waals surface area contributed by atoms with Crippen molar-refractivity contribution in [1.29, 1.82) is 0 Å². The Morgan fingerprint density at radius 2 is 1.91 bits per heavy atom. The molecule has 1 aliphatic rings. The maximum Gasteiger partial charge on any atom is 0.300 e. The summed E-state index contributed by atoms with van der Waals surface area (Å²) in [5.41, 5.74) is 2.49. The predicted octanol–water partition coefficient (Wildman–Crippen LogP) is 5.07. The highest BCUT2D eigenvalue weighted by Crippen LogP contribution is 2.42. The van der Waals surface area contributed by atoms with Crippen molar-refractivity contribution < 1.29 is 19.4 Å². The molecule has 1 N–H and O–H groups in total. The number of carbonyl (C=O) groups excluding carboxylic acids is 2. The molecule has 2 aromatic carbocycles. The number of benzene rings is 2. The number of hydrogen-bond acceptors (Lipinski definition) is 5. The first kappa shape index (κ1) is 21.6. The lowest BCUT2D eigenvalue weighted by Gasteiger charge is -2.25. The molecule has 1 atom stereocenters. The minimum absolute atomic E-state index is 0.0201. The number of nitrogens with zero attached hydrogens (tertiary/aromatic N) is 2. The van der Waals surface area contributed by atoms with Gasteiger partial charge >= 0.3 is 0 Å². The van der Waals surface area contributed by atoms with E-state index in [4.69, 9.17) is 16.3 Å². The van der Waals surface area contributed by atoms with E-state index in [9.17, 15) is 14.7 Å². The van der Waals surface area contributed by atoms with Gasteiger partial charge in [0, 0.05) is 23.6 Å². The van der Waals surface area contributed by atoms with Crippen molar-refractivity contribution in [1.82, 2.24) is 4.98 Å². The number of carbonyl (C=O) groups is 2. The van der Waals surface area contributed by atoms with Gasteiger partial charge in [0.25, 0.3) is 11.7 Å². The van der Waals surface area contributed by atoms with Crippen LogP contribution in [-0.2, 0) is 9.59 Å². The van der Waals surface area contributed by atoms with E-state index < -0.39 is 17.7 Å². The molecule has 7 heteroatoms. The van der Waals surface area contributed by atoms with Gasteiger partial charge in [0.15, 0.2) is 0 Å². The SMILES string of the molecule is CCOc1cc(/C(O)=C2/C(=O)C(=O)N(c3ccc(C)cc3)C2c2cccnc2)ccc1Cl. The van der Waals surface area contributed by atoms with Crippen LogP contribution in [0.1, 0.15) is 29.7 Å². The van der Waals surface area contributed by atoms with Gasteiger partial charge in [0.05, 0.1) is 23.2 Å². The first-order valence-corrected chi connectivity index (χ1v) is 10.5. The molecule has 1 unspecified atom stereocenters. The molecule has 1 saturated heterocycles. The summed E-state index contributed by atoms with van der Waals surface area (Å²) in [4.78, 5) is 31.8. The molecule has 1 amide bonds. The molecular weight excluding hydrogens is 428 g/mol. The average molecular weight is 449 g/mol. The van der Waals surface area contributed by atoms with Crippen LogP contribution in [0.25, 0.3) is 5.76 Å². The number of ether oxygens (including phenoxy) is 1. The van der Waals surface area contributed by atoms with Crippen molar-refractivity contribution in [2.24, 2.45) is 0 Å². The first-order chi connectivity index (χ1) is 15.4. The minimum Gasteiger partial charge on any atom is -0.507 e. The van der Waals surface area contributed by atoms with Crippen LogP contribution in [0.2, 0.25) is 5.02 Å². The number of rotatable bonds is 5. The van der Waals surface area contributed by atoms with Gasteiger partial charge < -0.3 is 9.84 Å². The Labute approximate surface area is 190 Å². The summed E-state index contributed by atoms with van der Waals surface area (Å²) in [6, 6.07) is 14.7. The number of aliphatic hydroxyl groups is 1. The Bertz CT molecular complexity index is 1210. The van der Waals surface area contributed by atoms with E-state index in [0.717, 1.165) is 5.56 Å². The molecule has 0 spiro atoms. The van der Waals surface area contributed by atoms with Crippen molar-refractivity contribution in [3.63, 3.8) is 0 Å². The van der Waals surface area contributed by atoms with Gasteiger partial charge in [0.2, 0.25) is 0 Å². The Hall–Kier alpha value is -3.64. The van der Waals surface area contributed by atoms with Gasteiger partial charge in [-0.1, -0.05) is 35.4 Å². The molecule has 0 aliphatic carbocycles. The molecule has 2 heterocycles. The summed E-state index contributed by atoms with van der Waals surface area (Å²) in [5.74, 6) is -1.42. The van der Waals surface area contributed by atoms with Gasteiger partial charge in [-0.15, -0.1) is 0 Å². The smallest absolute Gasteiger partial charge is 0.300 e. The molecule has 0 radical (unpaired) electrons. The van der Waals surface area contributed by atoms with E-state index in [2.05, 4.69) is 4.98 Å². The molecule has 1 aromatic heterocycles. The highest BCUT2D eigenvalue weighted by atomic mass is 35.5. The van der Waals surface area contributed by atoms with Gasteiger partial charge in [0.1, 0.15) is 11.5 Å². The molecule has 32 heavy (non-hydrogen) atoms. The number of pyridine rings is 1. The Morgan fingerprint density at radius 3 is 2.56 bits per heavy atom. The number of hydrogen-bond donors (Lipinski definition) is 1.